The number of imidazole rings is 1. The van der Waals surface area contributed by atoms with Crippen LogP contribution in [0, 0.1) is 0 Å². The number of aromatic nitrogens is 2. The van der Waals surface area contributed by atoms with Crippen molar-refractivity contribution in [2.75, 3.05) is 7.05 Å². The van der Waals surface area contributed by atoms with Crippen molar-refractivity contribution in [2.24, 2.45) is 10.2 Å². The summed E-state index contributed by atoms with van der Waals surface area (Å²) in [5.41, 5.74) is 0. The Morgan fingerprint density at radius 2 is 2.25 bits per heavy atom. The summed E-state index contributed by atoms with van der Waals surface area (Å²) in [4.78, 5) is 5.05. The summed E-state index contributed by atoms with van der Waals surface area (Å²) in [6, 6.07) is 0. The van der Waals surface area contributed by atoms with E-state index in [1.807, 2.05) is 24.7 Å². The van der Waals surface area contributed by atoms with Gasteiger partial charge in [-0.2, -0.15) is 0 Å². The molecule has 0 amide bonds. The highest BCUT2D eigenvalue weighted by atomic mass is 15.5. The maximum absolute atomic E-state index is 4.03. The van der Waals surface area contributed by atoms with E-state index < -0.39 is 0 Å². The predicted molar refractivity (Wildman–Crippen MR) is 45.1 cm³/mol. The molecule has 0 radical (unpaired) electrons. The van der Waals surface area contributed by atoms with Gasteiger partial charge in [0.1, 0.15) is 6.33 Å². The lowest BCUT2D eigenvalue weighted by molar-refractivity contribution is -0.675. The number of rotatable bonds is 0. The minimum absolute atomic E-state index is 0.866. The van der Waals surface area contributed by atoms with E-state index in [0.717, 1.165) is 16.7 Å². The van der Waals surface area contributed by atoms with Crippen LogP contribution in [0.4, 0.5) is 0 Å². The van der Waals surface area contributed by atoms with Crippen LogP contribution in [0.3, 0.4) is 0 Å². The summed E-state index contributed by atoms with van der Waals surface area (Å²) in [7, 11) is 2.00. The van der Waals surface area contributed by atoms with Crippen LogP contribution >= 0.6 is 0 Å². The molecule has 2 rings (SSSR count). The highest BCUT2D eigenvalue weighted by molar-refractivity contribution is 5.88. The SMILES string of the molecule is CC1=NN=C(n2ccnc2)[NH+]1C. The number of nitrogens with one attached hydrogen (secondary N) is 1. The third-order valence-electron chi connectivity index (χ3n) is 1.92. The van der Waals surface area contributed by atoms with Gasteiger partial charge < -0.3 is 0 Å². The summed E-state index contributed by atoms with van der Waals surface area (Å²) in [5.74, 6) is 1.84. The monoisotopic (exact) mass is 164 g/mol. The molecule has 1 aromatic heterocycles. The highest BCUT2D eigenvalue weighted by Crippen LogP contribution is 1.88. The minimum atomic E-state index is 0.866. The van der Waals surface area contributed by atoms with Gasteiger partial charge in [0.15, 0.2) is 0 Å². The van der Waals surface area contributed by atoms with Crippen LogP contribution < -0.4 is 4.90 Å². The standard InChI is InChI=1S/C7H9N5/c1-6-9-10-7(11(6)2)12-4-3-8-5-12/h3-5H,1-2H3/p+1. The van der Waals surface area contributed by atoms with Crippen LogP contribution in [0.25, 0.3) is 0 Å². The molecule has 0 aliphatic carbocycles. The summed E-state index contributed by atoms with van der Waals surface area (Å²) >= 11 is 0. The number of hydrogen-bond acceptors (Lipinski definition) is 3. The Kier molecular flexibility index (Phi) is 1.51. The third-order valence-corrected chi connectivity index (χ3v) is 1.92. The maximum atomic E-state index is 4.03. The molecule has 1 atom stereocenters. The third kappa shape index (κ3) is 0.947. The van der Waals surface area contributed by atoms with Crippen molar-refractivity contribution in [3.63, 3.8) is 0 Å². The Balaban J connectivity index is 2.31. The van der Waals surface area contributed by atoms with E-state index in [4.69, 9.17) is 0 Å². The topological polar surface area (TPSA) is 47.0 Å². The van der Waals surface area contributed by atoms with Gasteiger partial charge in [-0.25, -0.2) is 14.5 Å². The van der Waals surface area contributed by atoms with Crippen LogP contribution in [0.1, 0.15) is 6.92 Å². The smallest absolute Gasteiger partial charge is 0.245 e. The van der Waals surface area contributed by atoms with Gasteiger partial charge in [-0.1, -0.05) is 10.2 Å². The second-order valence-electron chi connectivity index (χ2n) is 2.70. The van der Waals surface area contributed by atoms with Gasteiger partial charge in [0.2, 0.25) is 5.84 Å². The van der Waals surface area contributed by atoms with E-state index in [1.54, 1.807) is 12.5 Å². The van der Waals surface area contributed by atoms with Gasteiger partial charge in [-0.05, 0) is 0 Å². The quantitative estimate of drug-likeness (QED) is 0.522. The number of hydrogen-bond donors (Lipinski definition) is 1. The van der Waals surface area contributed by atoms with E-state index in [9.17, 15) is 0 Å². The fourth-order valence-corrected chi connectivity index (χ4v) is 1.06. The lowest BCUT2D eigenvalue weighted by atomic mass is 10.6. The van der Waals surface area contributed by atoms with Crippen LogP contribution in [0.5, 0.6) is 0 Å². The van der Waals surface area contributed by atoms with E-state index in [1.165, 1.54) is 0 Å². The fraction of sp³-hybridized carbons (Fsp3) is 0.286. The normalized spacial score (nSPS) is 22.3. The Bertz CT molecular complexity index is 335. The second kappa shape index (κ2) is 2.53. The molecule has 1 N–H and O–H groups in total. The molecule has 12 heavy (non-hydrogen) atoms. The molecule has 0 aromatic carbocycles. The Morgan fingerprint density at radius 1 is 1.42 bits per heavy atom. The van der Waals surface area contributed by atoms with Gasteiger partial charge in [-0.3, -0.25) is 0 Å². The van der Waals surface area contributed by atoms with E-state index in [-0.39, 0.29) is 0 Å². The summed E-state index contributed by atoms with van der Waals surface area (Å²) in [6.07, 6.45) is 5.30. The van der Waals surface area contributed by atoms with Crippen molar-refractivity contribution in [3.8, 4) is 0 Å². The second-order valence-corrected chi connectivity index (χ2v) is 2.70. The zero-order chi connectivity index (χ0) is 8.55. The van der Waals surface area contributed by atoms with Gasteiger partial charge in [0.25, 0.3) is 0 Å². The average molecular weight is 164 g/mol. The Labute approximate surface area is 70.0 Å². The number of quaternary nitrogens is 1. The molecule has 0 bridgehead atoms. The zero-order valence-corrected chi connectivity index (χ0v) is 7.02. The molecular weight excluding hydrogens is 154 g/mol. The van der Waals surface area contributed by atoms with Gasteiger partial charge in [0, 0.05) is 19.3 Å². The first-order chi connectivity index (χ1) is 5.79. The highest BCUT2D eigenvalue weighted by Gasteiger charge is 2.22. The van der Waals surface area contributed by atoms with E-state index >= 15 is 0 Å². The van der Waals surface area contributed by atoms with Crippen molar-refractivity contribution in [1.29, 1.82) is 0 Å². The van der Waals surface area contributed by atoms with Crippen LogP contribution in [0.15, 0.2) is 28.9 Å². The van der Waals surface area contributed by atoms with Gasteiger partial charge in [-0.15, -0.1) is 0 Å². The summed E-state index contributed by atoms with van der Waals surface area (Å²) in [6.45, 7) is 1.95. The summed E-state index contributed by atoms with van der Waals surface area (Å²) in [5, 5.41) is 8.00. The Morgan fingerprint density at radius 3 is 2.75 bits per heavy atom. The summed E-state index contributed by atoms with van der Waals surface area (Å²) < 4.78 is 1.86. The predicted octanol–water partition coefficient (Wildman–Crippen LogP) is -1.05. The molecule has 0 fully saturated rings. The Hall–Kier alpha value is -1.49. The van der Waals surface area contributed by atoms with Crippen LogP contribution in [-0.4, -0.2) is 28.4 Å². The largest absolute Gasteiger partial charge is 0.337 e. The number of amidine groups is 1. The molecule has 2 heterocycles. The lowest BCUT2D eigenvalue weighted by Crippen LogP contribution is -3.13. The minimum Gasteiger partial charge on any atom is -0.245 e. The van der Waals surface area contributed by atoms with Crippen LogP contribution in [0.2, 0.25) is 0 Å². The molecule has 0 saturated heterocycles. The first kappa shape index (κ1) is 7.17. The molecule has 5 heteroatoms. The van der Waals surface area contributed by atoms with Crippen molar-refractivity contribution < 1.29 is 4.90 Å². The van der Waals surface area contributed by atoms with E-state index in [2.05, 4.69) is 15.2 Å². The molecule has 1 aromatic rings. The molecule has 62 valence electrons. The number of nitrogens with zero attached hydrogens (tertiary/aromatic N) is 4. The fourth-order valence-electron chi connectivity index (χ4n) is 1.06. The van der Waals surface area contributed by atoms with Crippen LogP contribution in [-0.2, 0) is 0 Å². The molecule has 5 nitrogen and oxygen atoms in total. The van der Waals surface area contributed by atoms with Crippen molar-refractivity contribution in [1.82, 2.24) is 9.55 Å². The molecule has 0 saturated carbocycles. The maximum Gasteiger partial charge on any atom is 0.337 e. The van der Waals surface area contributed by atoms with Crippen molar-refractivity contribution in [3.05, 3.63) is 18.7 Å². The van der Waals surface area contributed by atoms with Crippen molar-refractivity contribution in [2.45, 2.75) is 6.92 Å². The molecule has 1 aliphatic rings. The van der Waals surface area contributed by atoms with Crippen molar-refractivity contribution >= 4 is 11.8 Å². The first-order valence-electron chi connectivity index (χ1n) is 3.74. The van der Waals surface area contributed by atoms with E-state index in [0.29, 0.717) is 0 Å². The molecular formula is C7H10N5+. The molecule has 1 aliphatic heterocycles. The molecule has 1 unspecified atom stereocenters. The lowest BCUT2D eigenvalue weighted by Gasteiger charge is -2.06. The molecule has 0 spiro atoms. The van der Waals surface area contributed by atoms with Gasteiger partial charge >= 0.3 is 5.96 Å². The van der Waals surface area contributed by atoms with Gasteiger partial charge in [0.05, 0.1) is 7.05 Å². The zero-order valence-electron chi connectivity index (χ0n) is 7.02. The first-order valence-corrected chi connectivity index (χ1v) is 3.74. The average Bonchev–Trinajstić information content (AvgIpc) is 2.64.